The van der Waals surface area contributed by atoms with E-state index in [-0.39, 0.29) is 0 Å². The van der Waals surface area contributed by atoms with E-state index in [2.05, 4.69) is 47.4 Å². The Kier molecular flexibility index (Phi) is 6.05. The van der Waals surface area contributed by atoms with Crippen molar-refractivity contribution in [2.45, 2.75) is 26.2 Å². The topological polar surface area (TPSA) is 62.7 Å². The fourth-order valence-electron chi connectivity index (χ4n) is 5.19. The highest BCUT2D eigenvalue weighted by molar-refractivity contribution is 7.19. The number of hydrogen-bond acceptors (Lipinski definition) is 5. The molecule has 0 bridgehead atoms. The van der Waals surface area contributed by atoms with Gasteiger partial charge in [-0.25, -0.2) is 4.98 Å². The quantitative estimate of drug-likeness (QED) is 0.292. The number of piperidine rings is 1. The zero-order chi connectivity index (χ0) is 25.4. The molecule has 0 spiro atoms. The van der Waals surface area contributed by atoms with E-state index in [0.717, 1.165) is 52.2 Å². The van der Waals surface area contributed by atoms with Crippen LogP contribution in [-0.2, 0) is 11.2 Å². The summed E-state index contributed by atoms with van der Waals surface area (Å²) in [4.78, 5) is 20.4. The van der Waals surface area contributed by atoms with Gasteiger partial charge in [0.2, 0.25) is 0 Å². The van der Waals surface area contributed by atoms with Crippen LogP contribution in [-0.4, -0.2) is 29.1 Å². The minimum absolute atomic E-state index is 0.464. The van der Waals surface area contributed by atoms with Gasteiger partial charge in [-0.05, 0) is 73.7 Å². The zero-order valence-corrected chi connectivity index (χ0v) is 21.5. The van der Waals surface area contributed by atoms with Crippen LogP contribution in [0.25, 0.3) is 27.8 Å². The lowest BCUT2D eigenvalue weighted by atomic mass is 9.82. The van der Waals surface area contributed by atoms with Crippen LogP contribution in [0.4, 0.5) is 5.13 Å². The Bertz CT molecular complexity index is 1480. The van der Waals surface area contributed by atoms with Crippen molar-refractivity contribution in [1.82, 2.24) is 4.98 Å². The molecular formula is C31H28N2O3S. The maximum atomic E-state index is 12.0. The van der Waals surface area contributed by atoms with E-state index in [1.54, 1.807) is 11.3 Å². The third-order valence-electron chi connectivity index (χ3n) is 7.27. The summed E-state index contributed by atoms with van der Waals surface area (Å²) in [5.74, 6) is 0.822. The number of aromatic nitrogens is 1. The molecule has 1 aliphatic carbocycles. The van der Waals surface area contributed by atoms with E-state index in [9.17, 15) is 9.90 Å². The van der Waals surface area contributed by atoms with Crippen molar-refractivity contribution < 1.29 is 14.6 Å². The van der Waals surface area contributed by atoms with Crippen LogP contribution in [0.3, 0.4) is 0 Å². The third kappa shape index (κ3) is 4.53. The Morgan fingerprint density at radius 1 is 1.03 bits per heavy atom. The summed E-state index contributed by atoms with van der Waals surface area (Å²) in [5.41, 5.74) is 4.90. The monoisotopic (exact) mass is 508 g/mol. The van der Waals surface area contributed by atoms with E-state index in [1.807, 2.05) is 49.4 Å². The van der Waals surface area contributed by atoms with E-state index in [1.165, 1.54) is 16.7 Å². The van der Waals surface area contributed by atoms with Gasteiger partial charge in [0, 0.05) is 24.2 Å². The zero-order valence-electron chi connectivity index (χ0n) is 20.7. The Balaban J connectivity index is 1.40. The molecular weight excluding hydrogens is 480 g/mol. The summed E-state index contributed by atoms with van der Waals surface area (Å²) in [6, 6.07) is 24.3. The first-order valence-electron chi connectivity index (χ1n) is 12.6. The fraction of sp³-hybridized carbons (Fsp3) is 0.226. The summed E-state index contributed by atoms with van der Waals surface area (Å²) in [6.07, 6.45) is 6.87. The van der Waals surface area contributed by atoms with Crippen molar-refractivity contribution in [1.29, 1.82) is 0 Å². The third-order valence-corrected chi connectivity index (χ3v) is 8.42. The van der Waals surface area contributed by atoms with E-state index < -0.39 is 11.4 Å². The molecule has 37 heavy (non-hydrogen) atoms. The number of rotatable bonds is 6. The number of ether oxygens (including phenoxy) is 1. The molecule has 0 saturated carbocycles. The molecule has 2 aliphatic rings. The van der Waals surface area contributed by atoms with Gasteiger partial charge in [-0.2, -0.15) is 0 Å². The van der Waals surface area contributed by atoms with E-state index in [0.29, 0.717) is 13.0 Å². The van der Waals surface area contributed by atoms with E-state index >= 15 is 0 Å². The predicted octanol–water partition coefficient (Wildman–Crippen LogP) is 7.53. The van der Waals surface area contributed by atoms with Gasteiger partial charge >= 0.3 is 5.97 Å². The maximum Gasteiger partial charge on any atom is 0.311 e. The van der Waals surface area contributed by atoms with Gasteiger partial charge in [-0.3, -0.25) is 4.79 Å². The van der Waals surface area contributed by atoms with Gasteiger partial charge in [0.15, 0.2) is 5.13 Å². The Hall–Kier alpha value is -3.90. The number of thiazole rings is 1. The lowest BCUT2D eigenvalue weighted by Crippen LogP contribution is -2.46. The summed E-state index contributed by atoms with van der Waals surface area (Å²) >= 11 is 1.66. The highest BCUT2D eigenvalue weighted by Crippen LogP contribution is 2.45. The molecule has 2 heterocycles. The predicted molar refractivity (Wildman–Crippen MR) is 149 cm³/mol. The van der Waals surface area contributed by atoms with Crippen LogP contribution in [0.5, 0.6) is 11.5 Å². The lowest BCUT2D eigenvalue weighted by Gasteiger charge is -2.37. The van der Waals surface area contributed by atoms with Crippen molar-refractivity contribution in [2.24, 2.45) is 5.41 Å². The molecule has 1 aromatic heterocycles. The molecule has 186 valence electrons. The molecule has 6 heteroatoms. The average Bonchev–Trinajstić information content (AvgIpc) is 3.58. The van der Waals surface area contributed by atoms with Gasteiger partial charge in [-0.15, -0.1) is 0 Å². The highest BCUT2D eigenvalue weighted by atomic mass is 32.1. The van der Waals surface area contributed by atoms with Crippen LogP contribution < -0.4 is 9.64 Å². The van der Waals surface area contributed by atoms with E-state index in [4.69, 9.17) is 9.72 Å². The van der Waals surface area contributed by atoms with Crippen LogP contribution >= 0.6 is 11.3 Å². The molecule has 1 aliphatic heterocycles. The summed E-state index contributed by atoms with van der Waals surface area (Å²) < 4.78 is 6.00. The molecule has 5 nitrogen and oxygen atoms in total. The van der Waals surface area contributed by atoms with Crippen LogP contribution in [0, 0.1) is 5.41 Å². The Morgan fingerprint density at radius 3 is 2.59 bits per heavy atom. The first-order valence-corrected chi connectivity index (χ1v) is 13.4. The molecule has 1 atom stereocenters. The molecule has 1 N–H and O–H groups in total. The molecule has 0 amide bonds. The van der Waals surface area contributed by atoms with Crippen molar-refractivity contribution in [3.63, 3.8) is 0 Å². The Morgan fingerprint density at radius 2 is 1.81 bits per heavy atom. The van der Waals surface area contributed by atoms with Gasteiger partial charge in [0.05, 0.1) is 16.0 Å². The standard InChI is InChI=1S/C31H28N2O3S/c1-31(29(34)35)18-7-19-33(20-31)30-32-27(28(37-30)26-13-6-9-21-8-5-12-25(21)26)22-14-16-24(17-15-22)36-23-10-3-2-4-11-23/h2-6,9-17H,7-8,18-20H2,1H3,(H,34,35). The second-order valence-corrected chi connectivity index (χ2v) is 11.0. The number of carbonyl (C=O) groups is 1. The van der Waals surface area contributed by atoms with Crippen molar-refractivity contribution in [2.75, 3.05) is 18.0 Å². The SMILES string of the molecule is CC1(C(=O)O)CCCN(c2nc(-c3ccc(Oc4ccccc4)cc3)c(-c3cccc4c3C=CC4)s2)C1. The first kappa shape index (κ1) is 23.5. The number of aliphatic carboxylic acids is 1. The number of fused-ring (bicyclic) bond motifs is 1. The van der Waals surface area contributed by atoms with Crippen molar-refractivity contribution >= 4 is 28.5 Å². The minimum Gasteiger partial charge on any atom is -0.481 e. The molecule has 1 fully saturated rings. The summed E-state index contributed by atoms with van der Waals surface area (Å²) in [5, 5.41) is 10.7. The average molecular weight is 509 g/mol. The van der Waals surface area contributed by atoms with Gasteiger partial charge < -0.3 is 14.7 Å². The number of hydrogen-bond donors (Lipinski definition) is 1. The summed E-state index contributed by atoms with van der Waals surface area (Å²) in [6.45, 7) is 3.12. The molecule has 4 aromatic rings. The minimum atomic E-state index is -0.766. The summed E-state index contributed by atoms with van der Waals surface area (Å²) in [7, 11) is 0. The lowest BCUT2D eigenvalue weighted by molar-refractivity contribution is -0.148. The fourth-order valence-corrected chi connectivity index (χ4v) is 6.35. The molecule has 0 radical (unpaired) electrons. The second-order valence-electron chi connectivity index (χ2n) is 9.99. The van der Waals surface area contributed by atoms with Crippen LogP contribution in [0.15, 0.2) is 78.9 Å². The highest BCUT2D eigenvalue weighted by Gasteiger charge is 2.39. The van der Waals surface area contributed by atoms with Crippen LogP contribution in [0.2, 0.25) is 0 Å². The van der Waals surface area contributed by atoms with Gasteiger partial charge in [0.1, 0.15) is 11.5 Å². The normalized spacial score (nSPS) is 18.6. The number of anilines is 1. The van der Waals surface area contributed by atoms with Gasteiger partial charge in [0.25, 0.3) is 0 Å². The largest absolute Gasteiger partial charge is 0.481 e. The smallest absolute Gasteiger partial charge is 0.311 e. The number of allylic oxidation sites excluding steroid dienone is 1. The number of nitrogens with zero attached hydrogens (tertiary/aromatic N) is 2. The van der Waals surface area contributed by atoms with Gasteiger partial charge in [-0.1, -0.05) is 59.9 Å². The second kappa shape index (κ2) is 9.52. The number of para-hydroxylation sites is 1. The van der Waals surface area contributed by atoms with Crippen molar-refractivity contribution in [3.05, 3.63) is 90.0 Å². The Labute approximate surface area is 220 Å². The first-order chi connectivity index (χ1) is 18.0. The number of benzene rings is 3. The van der Waals surface area contributed by atoms with Crippen molar-refractivity contribution in [3.8, 4) is 33.2 Å². The molecule has 1 saturated heterocycles. The maximum absolute atomic E-state index is 12.0. The molecule has 3 aromatic carbocycles. The number of carboxylic acids is 1. The number of carboxylic acid groups (broad SMARTS) is 1. The molecule has 1 unspecified atom stereocenters. The molecule has 6 rings (SSSR count). The van der Waals surface area contributed by atoms with Crippen LogP contribution in [0.1, 0.15) is 30.9 Å².